The lowest BCUT2D eigenvalue weighted by atomic mass is 9.94. The molecule has 35 heavy (non-hydrogen) atoms. The highest BCUT2D eigenvalue weighted by Crippen LogP contribution is 2.26. The Morgan fingerprint density at radius 2 is 1.49 bits per heavy atom. The summed E-state index contributed by atoms with van der Waals surface area (Å²) in [6.45, 7) is 2.14. The molecular formula is C25H23FN4O4S. The van der Waals surface area contributed by atoms with Gasteiger partial charge in [-0.25, -0.2) is 12.8 Å². The van der Waals surface area contributed by atoms with Crippen molar-refractivity contribution in [2.24, 2.45) is 5.41 Å². The molecular weight excluding hydrogens is 471 g/mol. The molecule has 0 aliphatic carbocycles. The molecule has 1 aromatic heterocycles. The van der Waals surface area contributed by atoms with Crippen LogP contribution < -0.4 is 10.0 Å². The molecule has 0 fully saturated rings. The summed E-state index contributed by atoms with van der Waals surface area (Å²) in [4.78, 5) is 12.2. The third-order valence-electron chi connectivity index (χ3n) is 5.18. The lowest BCUT2D eigenvalue weighted by Gasteiger charge is -2.19. The number of sulfonamides is 1. The summed E-state index contributed by atoms with van der Waals surface area (Å²) in [6.07, 6.45) is 0. The van der Waals surface area contributed by atoms with Crippen molar-refractivity contribution < 1.29 is 22.0 Å². The van der Waals surface area contributed by atoms with Crippen LogP contribution in [0.1, 0.15) is 13.8 Å². The summed E-state index contributed by atoms with van der Waals surface area (Å²) in [5, 5.41) is 10.7. The van der Waals surface area contributed by atoms with E-state index >= 15 is 0 Å². The van der Waals surface area contributed by atoms with Gasteiger partial charge in [0.05, 0.1) is 16.0 Å². The van der Waals surface area contributed by atoms with Crippen molar-refractivity contribution in [3.05, 3.63) is 78.9 Å². The number of rotatable bonds is 8. The van der Waals surface area contributed by atoms with Crippen LogP contribution in [0.4, 0.5) is 15.8 Å². The first-order valence-electron chi connectivity index (χ1n) is 10.7. The van der Waals surface area contributed by atoms with Crippen molar-refractivity contribution >= 4 is 27.3 Å². The van der Waals surface area contributed by atoms with E-state index in [0.717, 1.165) is 5.56 Å². The van der Waals surface area contributed by atoms with Crippen LogP contribution in [0.15, 0.2) is 88.2 Å². The molecule has 0 radical (unpaired) electrons. The smallest absolute Gasteiger partial charge is 0.261 e. The summed E-state index contributed by atoms with van der Waals surface area (Å²) < 4.78 is 47.0. The fraction of sp³-hybridized carbons (Fsp3) is 0.160. The van der Waals surface area contributed by atoms with Crippen molar-refractivity contribution in [3.63, 3.8) is 0 Å². The predicted octanol–water partition coefficient (Wildman–Crippen LogP) is 5.14. The van der Waals surface area contributed by atoms with Gasteiger partial charge >= 0.3 is 0 Å². The largest absolute Gasteiger partial charge is 0.416 e. The van der Waals surface area contributed by atoms with Gasteiger partial charge in [-0.05, 0) is 68.4 Å². The molecule has 0 bridgehead atoms. The van der Waals surface area contributed by atoms with Crippen molar-refractivity contribution in [2.75, 3.05) is 16.7 Å². The minimum atomic E-state index is -3.92. The molecule has 0 spiro atoms. The second-order valence-electron chi connectivity index (χ2n) is 8.46. The topological polar surface area (TPSA) is 114 Å². The lowest BCUT2D eigenvalue weighted by Crippen LogP contribution is -2.32. The van der Waals surface area contributed by atoms with Crippen LogP contribution in [-0.4, -0.2) is 31.2 Å². The zero-order chi connectivity index (χ0) is 25.1. The van der Waals surface area contributed by atoms with Gasteiger partial charge in [0, 0.05) is 16.8 Å². The standard InChI is InChI=1S/C25H23FN4O4S/c1-25(2,16-26)24(31)27-19-9-6-10-20(15-19)30-35(32,33)21-13-11-18(12-14-21)23-29-28-22(34-23)17-7-4-3-5-8-17/h3-15,30H,16H2,1-2H3,(H,27,31). The van der Waals surface area contributed by atoms with Crippen LogP contribution >= 0.6 is 0 Å². The molecule has 8 nitrogen and oxygen atoms in total. The van der Waals surface area contributed by atoms with Crippen molar-refractivity contribution in [3.8, 4) is 22.9 Å². The minimum absolute atomic E-state index is 0.0250. The molecule has 0 saturated carbocycles. The highest BCUT2D eigenvalue weighted by Gasteiger charge is 2.27. The number of nitrogens with one attached hydrogen (secondary N) is 2. The first-order valence-corrected chi connectivity index (χ1v) is 12.2. The number of hydrogen-bond donors (Lipinski definition) is 2. The number of benzene rings is 3. The molecule has 10 heteroatoms. The highest BCUT2D eigenvalue weighted by molar-refractivity contribution is 7.92. The molecule has 0 aliphatic heterocycles. The van der Waals surface area contributed by atoms with Crippen molar-refractivity contribution in [2.45, 2.75) is 18.7 Å². The normalized spacial score (nSPS) is 11.7. The maximum absolute atomic E-state index is 13.1. The molecule has 1 amide bonds. The Kier molecular flexibility index (Phi) is 6.65. The number of hydrogen-bond acceptors (Lipinski definition) is 6. The third-order valence-corrected chi connectivity index (χ3v) is 6.58. The van der Waals surface area contributed by atoms with E-state index in [1.54, 1.807) is 30.3 Å². The van der Waals surface area contributed by atoms with Gasteiger partial charge in [-0.2, -0.15) is 0 Å². The molecule has 0 unspecified atom stereocenters. The second-order valence-corrected chi connectivity index (χ2v) is 10.1. The first-order chi connectivity index (χ1) is 16.7. The molecule has 0 saturated heterocycles. The van der Waals surface area contributed by atoms with Crippen molar-refractivity contribution in [1.82, 2.24) is 10.2 Å². The fourth-order valence-electron chi connectivity index (χ4n) is 3.05. The Morgan fingerprint density at radius 3 is 2.11 bits per heavy atom. The van der Waals surface area contributed by atoms with E-state index in [-0.39, 0.29) is 16.5 Å². The van der Waals surface area contributed by atoms with E-state index in [4.69, 9.17) is 4.42 Å². The van der Waals surface area contributed by atoms with E-state index < -0.39 is 28.0 Å². The zero-order valence-electron chi connectivity index (χ0n) is 19.0. The Morgan fingerprint density at radius 1 is 0.886 bits per heavy atom. The number of amides is 1. The molecule has 1 heterocycles. The third kappa shape index (κ3) is 5.55. The summed E-state index contributed by atoms with van der Waals surface area (Å²) in [5.41, 5.74) is 0.740. The lowest BCUT2D eigenvalue weighted by molar-refractivity contribution is -0.124. The molecule has 180 valence electrons. The number of alkyl halides is 1. The molecule has 0 aliphatic rings. The van der Waals surface area contributed by atoms with Gasteiger partial charge in [-0.15, -0.1) is 10.2 Å². The molecule has 4 aromatic rings. The fourth-order valence-corrected chi connectivity index (χ4v) is 4.10. The van der Waals surface area contributed by atoms with Crippen LogP contribution in [0.25, 0.3) is 22.9 Å². The summed E-state index contributed by atoms with van der Waals surface area (Å²) >= 11 is 0. The summed E-state index contributed by atoms with van der Waals surface area (Å²) in [7, 11) is -3.92. The second kappa shape index (κ2) is 9.67. The Hall–Kier alpha value is -4.05. The van der Waals surface area contributed by atoms with Gasteiger partial charge in [0.25, 0.3) is 10.0 Å². The maximum Gasteiger partial charge on any atom is 0.261 e. The quantitative estimate of drug-likeness (QED) is 0.351. The van der Waals surface area contributed by atoms with Crippen LogP contribution in [0.5, 0.6) is 0 Å². The predicted molar refractivity (Wildman–Crippen MR) is 131 cm³/mol. The van der Waals surface area contributed by atoms with E-state index in [9.17, 15) is 17.6 Å². The van der Waals surface area contributed by atoms with Crippen LogP contribution in [-0.2, 0) is 14.8 Å². The van der Waals surface area contributed by atoms with E-state index in [1.807, 2.05) is 30.3 Å². The average Bonchev–Trinajstić information content (AvgIpc) is 3.35. The van der Waals surface area contributed by atoms with Gasteiger partial charge in [0.1, 0.15) is 6.67 Å². The monoisotopic (exact) mass is 494 g/mol. The molecule has 4 rings (SSSR count). The zero-order valence-corrected chi connectivity index (χ0v) is 19.8. The Bertz CT molecular complexity index is 1440. The van der Waals surface area contributed by atoms with Crippen LogP contribution in [0.2, 0.25) is 0 Å². The van der Waals surface area contributed by atoms with Gasteiger partial charge in [-0.3, -0.25) is 9.52 Å². The Labute approximate surface area is 202 Å². The van der Waals surface area contributed by atoms with Gasteiger partial charge < -0.3 is 9.73 Å². The van der Waals surface area contributed by atoms with Crippen LogP contribution in [0.3, 0.4) is 0 Å². The van der Waals surface area contributed by atoms with E-state index in [1.165, 1.54) is 32.0 Å². The number of carbonyl (C=O) groups excluding carboxylic acids is 1. The minimum Gasteiger partial charge on any atom is -0.416 e. The van der Waals surface area contributed by atoms with Gasteiger partial charge in [-0.1, -0.05) is 24.3 Å². The molecule has 3 aromatic carbocycles. The average molecular weight is 495 g/mol. The Balaban J connectivity index is 1.48. The summed E-state index contributed by atoms with van der Waals surface area (Å²) in [6, 6.07) is 21.5. The van der Waals surface area contributed by atoms with Crippen LogP contribution in [0, 0.1) is 5.41 Å². The van der Waals surface area contributed by atoms with E-state index in [0.29, 0.717) is 17.1 Å². The number of halogens is 1. The van der Waals surface area contributed by atoms with Crippen molar-refractivity contribution in [1.29, 1.82) is 0 Å². The van der Waals surface area contributed by atoms with Gasteiger partial charge in [0.15, 0.2) is 0 Å². The number of carbonyl (C=O) groups is 1. The van der Waals surface area contributed by atoms with E-state index in [2.05, 4.69) is 20.2 Å². The summed E-state index contributed by atoms with van der Waals surface area (Å²) in [5.74, 6) is 0.119. The number of anilines is 2. The maximum atomic E-state index is 13.1. The molecule has 2 N–H and O–H groups in total. The highest BCUT2D eigenvalue weighted by atomic mass is 32.2. The van der Waals surface area contributed by atoms with Gasteiger partial charge in [0.2, 0.25) is 17.7 Å². The number of aromatic nitrogens is 2. The first kappa shape index (κ1) is 24.1. The molecule has 0 atom stereocenters. The SMILES string of the molecule is CC(C)(CF)C(=O)Nc1cccc(NS(=O)(=O)c2ccc(-c3nnc(-c4ccccc4)o3)cc2)c1. The number of nitrogens with zero attached hydrogens (tertiary/aromatic N) is 2.